The molecule has 0 aliphatic heterocycles. The van der Waals surface area contributed by atoms with Gasteiger partial charge in [-0.2, -0.15) is 5.10 Å². The van der Waals surface area contributed by atoms with Crippen molar-refractivity contribution in [1.29, 1.82) is 0 Å². The van der Waals surface area contributed by atoms with Crippen LogP contribution in [-0.4, -0.2) is 30.5 Å². The molecular formula is C24H19BrClFN4O4. The first kappa shape index (κ1) is 25.9. The van der Waals surface area contributed by atoms with Gasteiger partial charge in [-0.15, -0.1) is 0 Å². The van der Waals surface area contributed by atoms with Crippen LogP contribution in [0.1, 0.15) is 11.1 Å². The summed E-state index contributed by atoms with van der Waals surface area (Å²) in [6.45, 7) is 1.56. The molecule has 0 bridgehead atoms. The Balaban J connectivity index is 1.57. The Morgan fingerprint density at radius 3 is 2.43 bits per heavy atom. The molecule has 3 aromatic carbocycles. The highest BCUT2D eigenvalue weighted by atomic mass is 79.9. The second-order valence-electron chi connectivity index (χ2n) is 7.14. The number of nitrogens with zero attached hydrogens (tertiary/aromatic N) is 1. The Labute approximate surface area is 213 Å². The molecule has 0 saturated heterocycles. The SMILES string of the molecule is Cc1ccc(NC(=O)COc2ccc(Br)cc2/C=N\NC(=O)C(=O)Nc2ccc(F)cc2)cc1Cl. The van der Waals surface area contributed by atoms with Crippen molar-refractivity contribution in [2.45, 2.75) is 6.92 Å². The van der Waals surface area contributed by atoms with E-state index in [4.69, 9.17) is 16.3 Å². The van der Waals surface area contributed by atoms with Gasteiger partial charge < -0.3 is 15.4 Å². The van der Waals surface area contributed by atoms with E-state index in [1.165, 1.54) is 18.3 Å². The topological polar surface area (TPSA) is 109 Å². The van der Waals surface area contributed by atoms with Gasteiger partial charge in [0.25, 0.3) is 5.91 Å². The zero-order valence-electron chi connectivity index (χ0n) is 18.3. The fourth-order valence-electron chi connectivity index (χ4n) is 2.69. The molecule has 180 valence electrons. The molecule has 3 aromatic rings. The largest absolute Gasteiger partial charge is 0.483 e. The van der Waals surface area contributed by atoms with Gasteiger partial charge in [-0.3, -0.25) is 14.4 Å². The van der Waals surface area contributed by atoms with Gasteiger partial charge in [0.2, 0.25) is 0 Å². The number of halogens is 3. The van der Waals surface area contributed by atoms with E-state index in [0.29, 0.717) is 26.5 Å². The Morgan fingerprint density at radius 1 is 1.00 bits per heavy atom. The molecule has 0 spiro atoms. The number of nitrogens with one attached hydrogen (secondary N) is 3. The lowest BCUT2D eigenvalue weighted by Gasteiger charge is -2.11. The van der Waals surface area contributed by atoms with E-state index in [1.54, 1.807) is 36.4 Å². The van der Waals surface area contributed by atoms with Crippen molar-refractivity contribution < 1.29 is 23.5 Å². The fourth-order valence-corrected chi connectivity index (χ4v) is 3.25. The number of rotatable bonds is 7. The van der Waals surface area contributed by atoms with Crippen molar-refractivity contribution in [3.63, 3.8) is 0 Å². The van der Waals surface area contributed by atoms with Crippen LogP contribution in [0, 0.1) is 12.7 Å². The number of amides is 3. The number of carbonyl (C=O) groups excluding carboxylic acids is 3. The van der Waals surface area contributed by atoms with Gasteiger partial charge in [0, 0.05) is 26.4 Å². The van der Waals surface area contributed by atoms with Gasteiger partial charge in [-0.1, -0.05) is 33.6 Å². The number of hydrazone groups is 1. The van der Waals surface area contributed by atoms with Crippen LogP contribution in [0.15, 0.2) is 70.2 Å². The third-order valence-electron chi connectivity index (χ3n) is 4.46. The van der Waals surface area contributed by atoms with E-state index in [-0.39, 0.29) is 12.3 Å². The number of anilines is 2. The lowest BCUT2D eigenvalue weighted by Crippen LogP contribution is -2.32. The molecule has 3 amide bonds. The quantitative estimate of drug-likeness (QED) is 0.222. The molecular weight excluding hydrogens is 543 g/mol. The molecule has 35 heavy (non-hydrogen) atoms. The number of hydrogen-bond donors (Lipinski definition) is 3. The summed E-state index contributed by atoms with van der Waals surface area (Å²) in [6.07, 6.45) is 1.26. The van der Waals surface area contributed by atoms with Crippen molar-refractivity contribution in [2.75, 3.05) is 17.2 Å². The predicted octanol–water partition coefficient (Wildman–Crippen LogP) is 4.66. The standard InChI is InChI=1S/C24H19BrClFN4O4/c1-14-2-6-19(11-20(14)26)29-22(32)13-35-21-9-3-16(25)10-15(21)12-28-31-24(34)23(33)30-18-7-4-17(27)5-8-18/h2-12H,13H2,1H3,(H,29,32)(H,30,33)(H,31,34)/b28-12-. The average molecular weight is 562 g/mol. The number of benzene rings is 3. The van der Waals surface area contributed by atoms with Crippen LogP contribution in [0.4, 0.5) is 15.8 Å². The summed E-state index contributed by atoms with van der Waals surface area (Å²) in [5.41, 5.74) is 4.21. The highest BCUT2D eigenvalue weighted by Gasteiger charge is 2.13. The lowest BCUT2D eigenvalue weighted by molar-refractivity contribution is -0.136. The van der Waals surface area contributed by atoms with E-state index >= 15 is 0 Å². The first-order valence-electron chi connectivity index (χ1n) is 10.1. The maximum absolute atomic E-state index is 12.9. The van der Waals surface area contributed by atoms with Gasteiger partial charge in [0.15, 0.2) is 6.61 Å². The number of aryl methyl sites for hydroxylation is 1. The average Bonchev–Trinajstić information content (AvgIpc) is 2.82. The molecule has 8 nitrogen and oxygen atoms in total. The van der Waals surface area contributed by atoms with E-state index in [0.717, 1.165) is 17.7 Å². The molecule has 0 aliphatic carbocycles. The van der Waals surface area contributed by atoms with E-state index in [2.05, 4.69) is 37.1 Å². The summed E-state index contributed by atoms with van der Waals surface area (Å²) >= 11 is 9.40. The van der Waals surface area contributed by atoms with Crippen LogP contribution in [0.5, 0.6) is 5.75 Å². The van der Waals surface area contributed by atoms with Crippen molar-refractivity contribution >= 4 is 62.8 Å². The molecule has 3 N–H and O–H groups in total. The van der Waals surface area contributed by atoms with Gasteiger partial charge in [0.05, 0.1) is 6.21 Å². The Hall–Kier alpha value is -3.76. The van der Waals surface area contributed by atoms with Gasteiger partial charge in [-0.25, -0.2) is 9.82 Å². The molecule has 3 rings (SSSR count). The molecule has 11 heteroatoms. The lowest BCUT2D eigenvalue weighted by atomic mass is 10.2. The van der Waals surface area contributed by atoms with Crippen molar-refractivity contribution in [1.82, 2.24) is 5.43 Å². The summed E-state index contributed by atoms with van der Waals surface area (Å²) in [6, 6.07) is 15.1. The molecule has 0 fully saturated rings. The van der Waals surface area contributed by atoms with Gasteiger partial charge >= 0.3 is 11.8 Å². The summed E-state index contributed by atoms with van der Waals surface area (Å²) < 4.78 is 19.2. The van der Waals surface area contributed by atoms with Gasteiger partial charge in [0.1, 0.15) is 11.6 Å². The van der Waals surface area contributed by atoms with Crippen LogP contribution in [0.2, 0.25) is 5.02 Å². The minimum Gasteiger partial charge on any atom is -0.483 e. The highest BCUT2D eigenvalue weighted by Crippen LogP contribution is 2.23. The minimum atomic E-state index is -1.03. The smallest absolute Gasteiger partial charge is 0.329 e. The van der Waals surface area contributed by atoms with E-state index < -0.39 is 23.5 Å². The highest BCUT2D eigenvalue weighted by molar-refractivity contribution is 9.10. The molecule has 0 aliphatic rings. The first-order chi connectivity index (χ1) is 16.7. The Bertz CT molecular complexity index is 1290. The Morgan fingerprint density at radius 2 is 1.71 bits per heavy atom. The van der Waals surface area contributed by atoms with Crippen molar-refractivity contribution in [2.24, 2.45) is 5.10 Å². The summed E-state index contributed by atoms with van der Waals surface area (Å²) in [4.78, 5) is 36.2. The summed E-state index contributed by atoms with van der Waals surface area (Å²) in [5.74, 6) is -2.56. The molecule has 0 unspecified atom stereocenters. The van der Waals surface area contributed by atoms with Gasteiger partial charge in [-0.05, 0) is 67.1 Å². The third kappa shape index (κ3) is 7.90. The zero-order valence-corrected chi connectivity index (χ0v) is 20.6. The van der Waals surface area contributed by atoms with Crippen molar-refractivity contribution in [3.8, 4) is 5.75 Å². The monoisotopic (exact) mass is 560 g/mol. The normalized spacial score (nSPS) is 10.6. The van der Waals surface area contributed by atoms with E-state index in [1.807, 2.05) is 6.92 Å². The van der Waals surface area contributed by atoms with Crippen LogP contribution < -0.4 is 20.8 Å². The summed E-state index contributed by atoms with van der Waals surface area (Å²) in [5, 5.41) is 9.31. The maximum atomic E-state index is 12.9. The van der Waals surface area contributed by atoms with Crippen molar-refractivity contribution in [3.05, 3.63) is 87.1 Å². The second-order valence-corrected chi connectivity index (χ2v) is 8.47. The number of ether oxygens (including phenoxy) is 1. The molecule has 0 atom stereocenters. The molecule has 0 aromatic heterocycles. The minimum absolute atomic E-state index is 0.254. The van der Waals surface area contributed by atoms with Crippen LogP contribution in [0.25, 0.3) is 0 Å². The van der Waals surface area contributed by atoms with Crippen LogP contribution in [0.3, 0.4) is 0 Å². The molecule has 0 heterocycles. The number of hydrogen-bond acceptors (Lipinski definition) is 5. The first-order valence-corrected chi connectivity index (χ1v) is 11.3. The zero-order chi connectivity index (χ0) is 25.4. The number of carbonyl (C=O) groups is 3. The maximum Gasteiger partial charge on any atom is 0.329 e. The van der Waals surface area contributed by atoms with Crippen LogP contribution in [-0.2, 0) is 14.4 Å². The third-order valence-corrected chi connectivity index (χ3v) is 5.36. The molecule has 0 saturated carbocycles. The fraction of sp³-hybridized carbons (Fsp3) is 0.0833. The predicted molar refractivity (Wildman–Crippen MR) is 135 cm³/mol. The Kier molecular flexibility index (Phi) is 8.93. The second kappa shape index (κ2) is 12.1. The summed E-state index contributed by atoms with van der Waals surface area (Å²) in [7, 11) is 0. The van der Waals surface area contributed by atoms with E-state index in [9.17, 15) is 18.8 Å². The molecule has 0 radical (unpaired) electrons. The van der Waals surface area contributed by atoms with Crippen LogP contribution >= 0.6 is 27.5 Å².